The number of aliphatic hydroxyl groups excluding tert-OH is 2. The number of hydrogen-bond acceptors (Lipinski definition) is 3. The van der Waals surface area contributed by atoms with Crippen molar-refractivity contribution in [3.05, 3.63) is 11.6 Å². The van der Waals surface area contributed by atoms with Crippen LogP contribution in [0.3, 0.4) is 0 Å². The number of ketones is 1. The third-order valence-corrected chi connectivity index (χ3v) is 8.53. The van der Waals surface area contributed by atoms with Gasteiger partial charge in [0.25, 0.3) is 0 Å². The second-order valence-electron chi connectivity index (χ2n) is 9.15. The van der Waals surface area contributed by atoms with Gasteiger partial charge in [0.2, 0.25) is 0 Å². The fourth-order valence-corrected chi connectivity index (χ4v) is 6.79. The number of rotatable bonds is 0. The zero-order valence-corrected chi connectivity index (χ0v) is 14.6. The Bertz CT molecular complexity index is 567. The average molecular weight is 318 g/mol. The minimum Gasteiger partial charge on any atom is -0.392 e. The van der Waals surface area contributed by atoms with Gasteiger partial charge >= 0.3 is 0 Å². The summed E-state index contributed by atoms with van der Waals surface area (Å²) in [5.74, 6) is 2.14. The van der Waals surface area contributed by atoms with E-state index in [0.29, 0.717) is 30.0 Å². The number of carbonyl (C=O) groups excluding carboxylic acids is 1. The smallest absolute Gasteiger partial charge is 0.136 e. The zero-order valence-electron chi connectivity index (χ0n) is 14.6. The van der Waals surface area contributed by atoms with E-state index >= 15 is 0 Å². The van der Waals surface area contributed by atoms with E-state index in [4.69, 9.17) is 0 Å². The lowest BCUT2D eigenvalue weighted by atomic mass is 9.46. The minimum atomic E-state index is -0.494. The summed E-state index contributed by atoms with van der Waals surface area (Å²) >= 11 is 0. The highest BCUT2D eigenvalue weighted by molar-refractivity contribution is 5.84. The van der Waals surface area contributed by atoms with Crippen LogP contribution in [-0.2, 0) is 4.79 Å². The Morgan fingerprint density at radius 2 is 1.91 bits per heavy atom. The van der Waals surface area contributed by atoms with Gasteiger partial charge in [0.1, 0.15) is 5.78 Å². The Morgan fingerprint density at radius 3 is 2.65 bits per heavy atom. The monoisotopic (exact) mass is 318 g/mol. The Labute approximate surface area is 139 Å². The van der Waals surface area contributed by atoms with Crippen molar-refractivity contribution in [1.29, 1.82) is 0 Å². The summed E-state index contributed by atoms with van der Waals surface area (Å²) in [6.07, 6.45) is 6.56. The van der Waals surface area contributed by atoms with Crippen LogP contribution in [0, 0.1) is 34.5 Å². The van der Waals surface area contributed by atoms with E-state index < -0.39 is 12.2 Å². The van der Waals surface area contributed by atoms with Gasteiger partial charge in [0, 0.05) is 24.2 Å². The SMILES string of the molecule is CC1C(=O)CC2C3CCC4=CC(O)CC(O)C4(C)C3CCC12C. The number of hydrogen-bond donors (Lipinski definition) is 2. The molecule has 0 saturated heterocycles. The third kappa shape index (κ3) is 1.93. The molecule has 2 N–H and O–H groups in total. The van der Waals surface area contributed by atoms with Gasteiger partial charge in [-0.05, 0) is 48.9 Å². The molecule has 0 aromatic carbocycles. The van der Waals surface area contributed by atoms with Crippen molar-refractivity contribution in [2.45, 2.75) is 71.5 Å². The van der Waals surface area contributed by atoms with Crippen LogP contribution in [-0.4, -0.2) is 28.2 Å². The van der Waals surface area contributed by atoms with Gasteiger partial charge in [-0.1, -0.05) is 32.4 Å². The van der Waals surface area contributed by atoms with E-state index in [-0.39, 0.29) is 16.7 Å². The first-order valence-corrected chi connectivity index (χ1v) is 9.38. The Kier molecular flexibility index (Phi) is 3.39. The van der Waals surface area contributed by atoms with E-state index in [1.54, 1.807) is 0 Å². The van der Waals surface area contributed by atoms with Gasteiger partial charge in [0.05, 0.1) is 12.2 Å². The molecular weight excluding hydrogens is 288 g/mol. The lowest BCUT2D eigenvalue weighted by molar-refractivity contribution is -0.122. The standard InChI is InChI=1S/C20H30O3/c1-11-17(22)10-16-14-5-4-12-8-13(21)9-18(23)20(12,3)15(14)6-7-19(11,16)2/h8,11,13-16,18,21,23H,4-7,9-10H2,1-3H3. The molecule has 0 aliphatic heterocycles. The van der Waals surface area contributed by atoms with Gasteiger partial charge in [-0.15, -0.1) is 0 Å². The summed E-state index contributed by atoms with van der Waals surface area (Å²) < 4.78 is 0. The molecule has 3 heteroatoms. The van der Waals surface area contributed by atoms with Gasteiger partial charge in [-0.2, -0.15) is 0 Å². The van der Waals surface area contributed by atoms with Crippen LogP contribution in [0.2, 0.25) is 0 Å². The molecule has 0 aromatic rings. The summed E-state index contributed by atoms with van der Waals surface area (Å²) in [6.45, 7) is 6.68. The van der Waals surface area contributed by atoms with Gasteiger partial charge in [-0.25, -0.2) is 0 Å². The molecular formula is C20H30O3. The van der Waals surface area contributed by atoms with Crippen LogP contribution < -0.4 is 0 Å². The first-order chi connectivity index (χ1) is 10.8. The van der Waals surface area contributed by atoms with Crippen LogP contribution in [0.5, 0.6) is 0 Å². The average Bonchev–Trinajstić information content (AvgIpc) is 2.73. The van der Waals surface area contributed by atoms with Crippen LogP contribution in [0.15, 0.2) is 11.6 Å². The summed E-state index contributed by atoms with van der Waals surface area (Å²) in [5, 5.41) is 20.8. The van der Waals surface area contributed by atoms with Crippen LogP contribution >= 0.6 is 0 Å². The summed E-state index contributed by atoms with van der Waals surface area (Å²) in [7, 11) is 0. The van der Waals surface area contributed by atoms with Crippen LogP contribution in [0.4, 0.5) is 0 Å². The van der Waals surface area contributed by atoms with Crippen molar-refractivity contribution in [2.24, 2.45) is 34.5 Å². The molecule has 23 heavy (non-hydrogen) atoms. The van der Waals surface area contributed by atoms with Crippen LogP contribution in [0.1, 0.15) is 59.3 Å². The third-order valence-electron chi connectivity index (χ3n) is 8.53. The predicted molar refractivity (Wildman–Crippen MR) is 88.7 cm³/mol. The highest BCUT2D eigenvalue weighted by Crippen LogP contribution is 2.65. The zero-order chi connectivity index (χ0) is 16.6. The Hall–Kier alpha value is -0.670. The molecule has 128 valence electrons. The first-order valence-electron chi connectivity index (χ1n) is 9.38. The van der Waals surface area contributed by atoms with Crippen molar-refractivity contribution in [3.8, 4) is 0 Å². The van der Waals surface area contributed by atoms with Gasteiger partial charge in [-0.3, -0.25) is 4.79 Å². The highest BCUT2D eigenvalue weighted by atomic mass is 16.3. The molecule has 4 aliphatic rings. The molecule has 3 fully saturated rings. The molecule has 0 aromatic heterocycles. The van der Waals surface area contributed by atoms with E-state index in [1.165, 1.54) is 5.57 Å². The maximum absolute atomic E-state index is 12.4. The molecule has 3 saturated carbocycles. The predicted octanol–water partition coefficient (Wildman–Crippen LogP) is 3.10. The molecule has 0 heterocycles. The van der Waals surface area contributed by atoms with Crippen molar-refractivity contribution in [1.82, 2.24) is 0 Å². The van der Waals surface area contributed by atoms with Crippen molar-refractivity contribution < 1.29 is 15.0 Å². The quantitative estimate of drug-likeness (QED) is 0.675. The Balaban J connectivity index is 1.72. The molecule has 0 radical (unpaired) electrons. The van der Waals surface area contributed by atoms with Crippen molar-refractivity contribution >= 4 is 5.78 Å². The lowest BCUT2D eigenvalue weighted by Gasteiger charge is -2.59. The highest BCUT2D eigenvalue weighted by Gasteiger charge is 2.61. The van der Waals surface area contributed by atoms with Gasteiger partial charge < -0.3 is 10.2 Å². The van der Waals surface area contributed by atoms with E-state index in [1.807, 2.05) is 6.08 Å². The molecule has 8 unspecified atom stereocenters. The maximum Gasteiger partial charge on any atom is 0.136 e. The van der Waals surface area contributed by atoms with Crippen LogP contribution in [0.25, 0.3) is 0 Å². The molecule has 3 nitrogen and oxygen atoms in total. The second kappa shape index (κ2) is 4.92. The number of fused-ring (bicyclic) bond motifs is 5. The number of Topliss-reactive ketones (excluding diaryl/α,β-unsaturated/α-hetero) is 1. The molecule has 0 bridgehead atoms. The molecule has 0 amide bonds. The first kappa shape index (κ1) is 15.8. The van der Waals surface area contributed by atoms with Gasteiger partial charge in [0.15, 0.2) is 0 Å². The fourth-order valence-electron chi connectivity index (χ4n) is 6.79. The molecule has 8 atom stereocenters. The second-order valence-corrected chi connectivity index (χ2v) is 9.15. The fraction of sp³-hybridized carbons (Fsp3) is 0.850. The maximum atomic E-state index is 12.4. The molecule has 4 rings (SSSR count). The molecule has 0 spiro atoms. The van der Waals surface area contributed by atoms with Crippen molar-refractivity contribution in [3.63, 3.8) is 0 Å². The van der Waals surface area contributed by atoms with E-state index in [0.717, 1.165) is 32.1 Å². The molecule has 4 aliphatic carbocycles. The van der Waals surface area contributed by atoms with Crippen molar-refractivity contribution in [2.75, 3.05) is 0 Å². The minimum absolute atomic E-state index is 0.162. The van der Waals surface area contributed by atoms with E-state index in [2.05, 4.69) is 20.8 Å². The lowest BCUT2D eigenvalue weighted by Crippen LogP contribution is -2.55. The number of carbonyl (C=O) groups is 1. The summed E-state index contributed by atoms with van der Waals surface area (Å²) in [6, 6.07) is 0. The summed E-state index contributed by atoms with van der Waals surface area (Å²) in [5.41, 5.74) is 1.24. The topological polar surface area (TPSA) is 57.5 Å². The normalized spacial score (nSPS) is 55.7. The largest absolute Gasteiger partial charge is 0.392 e. The Morgan fingerprint density at radius 1 is 1.17 bits per heavy atom. The summed E-state index contributed by atoms with van der Waals surface area (Å²) in [4.78, 5) is 12.4. The number of aliphatic hydroxyl groups is 2. The van der Waals surface area contributed by atoms with E-state index in [9.17, 15) is 15.0 Å².